The van der Waals surface area contributed by atoms with E-state index in [1.807, 2.05) is 29.0 Å². The van der Waals surface area contributed by atoms with Gasteiger partial charge >= 0.3 is 0 Å². The molecule has 0 atom stereocenters. The topological polar surface area (TPSA) is 54.0 Å². The fourth-order valence-corrected chi connectivity index (χ4v) is 4.39. The summed E-state index contributed by atoms with van der Waals surface area (Å²) in [6.07, 6.45) is 2.51. The minimum absolute atomic E-state index is 0.0637. The smallest absolute Gasteiger partial charge is 0.264 e. The number of hydrogen-bond acceptors (Lipinski definition) is 3. The summed E-state index contributed by atoms with van der Waals surface area (Å²) >= 11 is 0. The van der Waals surface area contributed by atoms with Crippen LogP contribution in [0.25, 0.3) is 38.6 Å². The van der Waals surface area contributed by atoms with Gasteiger partial charge in [-0.05, 0) is 36.8 Å². The first-order valence-corrected chi connectivity index (χ1v) is 10.4. The Bertz CT molecular complexity index is 1590. The number of hydrogen-bond donors (Lipinski definition) is 0. The van der Waals surface area contributed by atoms with Crippen LogP contribution in [-0.2, 0) is 14.1 Å². The van der Waals surface area contributed by atoms with Crippen LogP contribution in [0.1, 0.15) is 17.6 Å². The molecule has 168 valence electrons. The monoisotopic (exact) mass is 448 g/mol. The van der Waals surface area contributed by atoms with Gasteiger partial charge in [0.05, 0.1) is 30.0 Å². The Morgan fingerprint density at radius 1 is 1.06 bits per heavy atom. The highest BCUT2D eigenvalue weighted by Gasteiger charge is 2.20. The van der Waals surface area contributed by atoms with E-state index in [1.54, 1.807) is 61.9 Å². The molecule has 0 spiro atoms. The molecule has 5 rings (SSSR count). The van der Waals surface area contributed by atoms with E-state index < -0.39 is 6.43 Å². The van der Waals surface area contributed by atoms with Crippen LogP contribution in [0.15, 0.2) is 59.8 Å². The quantitative estimate of drug-likeness (QED) is 0.383. The normalized spacial score (nSPS) is 11.7. The van der Waals surface area contributed by atoms with Gasteiger partial charge < -0.3 is 13.9 Å². The van der Waals surface area contributed by atoms with Crippen LogP contribution >= 0.6 is 0 Å². The third-order valence-electron chi connectivity index (χ3n) is 6.08. The lowest BCUT2D eigenvalue weighted by atomic mass is 10.0. The lowest BCUT2D eigenvalue weighted by Gasteiger charge is -2.16. The molecular formula is C25H22F2N4O2. The Balaban J connectivity index is 1.83. The predicted octanol–water partition coefficient (Wildman–Crippen LogP) is 5.14. The molecule has 0 aliphatic carbocycles. The summed E-state index contributed by atoms with van der Waals surface area (Å²) in [7, 11) is 5.02. The maximum absolute atomic E-state index is 14.1. The Labute approximate surface area is 188 Å². The van der Waals surface area contributed by atoms with Crippen molar-refractivity contribution in [3.05, 3.63) is 76.5 Å². The van der Waals surface area contributed by atoms with Crippen LogP contribution in [0.5, 0.6) is 5.75 Å². The van der Waals surface area contributed by atoms with E-state index in [0.717, 1.165) is 16.5 Å². The van der Waals surface area contributed by atoms with Crippen LogP contribution in [0.4, 0.5) is 8.78 Å². The summed E-state index contributed by atoms with van der Waals surface area (Å²) in [5.41, 5.74) is 3.61. The third kappa shape index (κ3) is 3.29. The lowest BCUT2D eigenvalue weighted by molar-refractivity contribution is 0.152. The first-order chi connectivity index (χ1) is 15.8. The summed E-state index contributed by atoms with van der Waals surface area (Å²) in [6, 6.07) is 10.7. The van der Waals surface area contributed by atoms with Crippen molar-refractivity contribution >= 4 is 21.8 Å². The van der Waals surface area contributed by atoms with Crippen molar-refractivity contribution < 1.29 is 13.5 Å². The molecule has 0 bridgehead atoms. The zero-order valence-corrected chi connectivity index (χ0v) is 18.6. The van der Waals surface area contributed by atoms with Gasteiger partial charge in [-0.2, -0.15) is 5.10 Å². The molecule has 0 amide bonds. The average molecular weight is 448 g/mol. The van der Waals surface area contributed by atoms with Crippen LogP contribution < -0.4 is 10.3 Å². The zero-order valence-electron chi connectivity index (χ0n) is 18.6. The van der Waals surface area contributed by atoms with E-state index in [1.165, 1.54) is 6.07 Å². The molecular weight excluding hydrogens is 426 g/mol. The molecule has 5 aromatic rings. The van der Waals surface area contributed by atoms with Crippen LogP contribution in [0.3, 0.4) is 0 Å². The Kier molecular flexibility index (Phi) is 4.81. The highest BCUT2D eigenvalue weighted by Crippen LogP contribution is 2.37. The summed E-state index contributed by atoms with van der Waals surface area (Å²) in [5, 5.41) is 5.77. The molecule has 2 aromatic carbocycles. The van der Waals surface area contributed by atoms with Crippen molar-refractivity contribution in [1.29, 1.82) is 0 Å². The van der Waals surface area contributed by atoms with Gasteiger partial charge in [-0.15, -0.1) is 0 Å². The number of alkyl halides is 2. The van der Waals surface area contributed by atoms with E-state index in [-0.39, 0.29) is 11.1 Å². The summed E-state index contributed by atoms with van der Waals surface area (Å²) in [5.74, 6) is 0.569. The Morgan fingerprint density at radius 2 is 1.85 bits per heavy atom. The van der Waals surface area contributed by atoms with Crippen molar-refractivity contribution in [2.24, 2.45) is 14.1 Å². The van der Waals surface area contributed by atoms with E-state index in [0.29, 0.717) is 33.5 Å². The number of ether oxygens (including phenoxy) is 1. The van der Waals surface area contributed by atoms with Gasteiger partial charge in [0.2, 0.25) is 0 Å². The molecule has 33 heavy (non-hydrogen) atoms. The zero-order chi connectivity index (χ0) is 23.4. The summed E-state index contributed by atoms with van der Waals surface area (Å²) in [6.45, 7) is 1.76. The van der Waals surface area contributed by atoms with Crippen LogP contribution in [0, 0.1) is 6.92 Å². The first kappa shape index (κ1) is 20.9. The number of rotatable bonds is 4. The number of nitrogens with zero attached hydrogens (tertiary/aromatic N) is 4. The predicted molar refractivity (Wildman–Crippen MR) is 124 cm³/mol. The second-order valence-corrected chi connectivity index (χ2v) is 8.16. The van der Waals surface area contributed by atoms with Gasteiger partial charge in [0.15, 0.2) is 0 Å². The third-order valence-corrected chi connectivity index (χ3v) is 6.08. The molecule has 3 aromatic heterocycles. The molecule has 0 radical (unpaired) electrons. The molecule has 0 saturated heterocycles. The van der Waals surface area contributed by atoms with Crippen LogP contribution in [0.2, 0.25) is 0 Å². The van der Waals surface area contributed by atoms with Crippen molar-refractivity contribution in [1.82, 2.24) is 18.9 Å². The summed E-state index contributed by atoms with van der Waals surface area (Å²) < 4.78 is 38.7. The second kappa shape index (κ2) is 7.58. The van der Waals surface area contributed by atoms with E-state index in [9.17, 15) is 13.6 Å². The second-order valence-electron chi connectivity index (χ2n) is 8.16. The SMILES string of the molecule is COc1cc(-n2ccc3cc(-c4cnn(C)c4)c(C(F)F)cc32)c2cc(C)c(=O)n(C)c2c1. The number of halogens is 2. The van der Waals surface area contributed by atoms with Crippen molar-refractivity contribution in [3.8, 4) is 22.6 Å². The molecule has 0 saturated carbocycles. The highest BCUT2D eigenvalue weighted by atomic mass is 19.3. The molecule has 0 fully saturated rings. The molecule has 0 aliphatic rings. The Hall–Kier alpha value is -3.94. The standard InChI is InChI=1S/C25H22F2N4O2/c1-14-7-20-22(30(3)25(14)32)9-17(33-4)10-23(20)31-6-5-15-8-18(16-12-28-29(2)13-16)19(24(26)27)11-21(15)31/h5-13,24H,1-4H3. The minimum Gasteiger partial charge on any atom is -0.497 e. The van der Waals surface area contributed by atoms with Gasteiger partial charge in [0.1, 0.15) is 5.75 Å². The number of benzene rings is 2. The van der Waals surface area contributed by atoms with E-state index in [4.69, 9.17) is 4.74 Å². The van der Waals surface area contributed by atoms with E-state index >= 15 is 0 Å². The lowest BCUT2D eigenvalue weighted by Crippen LogP contribution is -2.19. The largest absolute Gasteiger partial charge is 0.497 e. The maximum Gasteiger partial charge on any atom is 0.264 e. The number of fused-ring (bicyclic) bond motifs is 2. The fourth-order valence-electron chi connectivity index (χ4n) is 4.39. The molecule has 0 aliphatic heterocycles. The molecule has 0 unspecified atom stereocenters. The Morgan fingerprint density at radius 3 is 2.52 bits per heavy atom. The molecule has 6 nitrogen and oxygen atoms in total. The molecule has 8 heteroatoms. The van der Waals surface area contributed by atoms with Crippen molar-refractivity contribution in [2.75, 3.05) is 7.11 Å². The maximum atomic E-state index is 14.1. The van der Waals surface area contributed by atoms with E-state index in [2.05, 4.69) is 5.10 Å². The van der Waals surface area contributed by atoms with Gasteiger partial charge in [0, 0.05) is 66.1 Å². The average Bonchev–Trinajstić information content (AvgIpc) is 3.42. The summed E-state index contributed by atoms with van der Waals surface area (Å²) in [4.78, 5) is 12.5. The number of pyridine rings is 1. The highest BCUT2D eigenvalue weighted by molar-refractivity contribution is 5.94. The van der Waals surface area contributed by atoms with Gasteiger partial charge in [0.25, 0.3) is 12.0 Å². The van der Waals surface area contributed by atoms with Crippen LogP contribution in [-0.4, -0.2) is 26.0 Å². The van der Waals surface area contributed by atoms with Gasteiger partial charge in [-0.25, -0.2) is 8.78 Å². The number of aryl methyl sites for hydroxylation is 3. The molecule has 0 N–H and O–H groups in total. The van der Waals surface area contributed by atoms with Crippen molar-refractivity contribution in [2.45, 2.75) is 13.3 Å². The number of aromatic nitrogens is 4. The molecule has 3 heterocycles. The number of methoxy groups -OCH3 is 1. The first-order valence-electron chi connectivity index (χ1n) is 10.4. The minimum atomic E-state index is -2.65. The fraction of sp³-hybridized carbons (Fsp3) is 0.200. The van der Waals surface area contributed by atoms with Gasteiger partial charge in [-0.3, -0.25) is 9.48 Å². The van der Waals surface area contributed by atoms with Gasteiger partial charge in [-0.1, -0.05) is 0 Å². The van der Waals surface area contributed by atoms with Crippen molar-refractivity contribution in [3.63, 3.8) is 0 Å².